The van der Waals surface area contributed by atoms with Crippen LogP contribution >= 0.6 is 0 Å². The monoisotopic (exact) mass is 331 g/mol. The second kappa shape index (κ2) is 5.06. The molecule has 0 aliphatic heterocycles. The molecule has 3 heteroatoms. The van der Waals surface area contributed by atoms with Crippen LogP contribution in [-0.2, 0) is 6.54 Å². The third kappa shape index (κ3) is 2.17. The molecule has 7 rings (SSSR count). The lowest BCUT2D eigenvalue weighted by Crippen LogP contribution is -2.46. The molecule has 0 unspecified atom stereocenters. The van der Waals surface area contributed by atoms with E-state index in [1.807, 2.05) is 12.3 Å². The summed E-state index contributed by atoms with van der Waals surface area (Å²) in [6.45, 7) is 1.12. The zero-order valence-corrected chi connectivity index (χ0v) is 14.7. The number of rotatable bonds is 3. The van der Waals surface area contributed by atoms with Gasteiger partial charge in [-0.2, -0.15) is 0 Å². The molecular weight excluding hydrogens is 306 g/mol. The van der Waals surface area contributed by atoms with Crippen molar-refractivity contribution in [3.8, 4) is 0 Å². The first-order chi connectivity index (χ1) is 12.3. The molecule has 128 valence electrons. The summed E-state index contributed by atoms with van der Waals surface area (Å²) in [5.41, 5.74) is 4.06. The maximum absolute atomic E-state index is 4.73. The molecule has 0 spiro atoms. The summed E-state index contributed by atoms with van der Waals surface area (Å²) in [5, 5.41) is 1.17. The Balaban J connectivity index is 1.31. The van der Waals surface area contributed by atoms with Gasteiger partial charge in [0.05, 0.1) is 22.9 Å². The highest BCUT2D eigenvalue weighted by molar-refractivity contribution is 6.02. The Hall–Kier alpha value is -1.90. The first kappa shape index (κ1) is 14.3. The maximum atomic E-state index is 4.73. The van der Waals surface area contributed by atoms with E-state index < -0.39 is 0 Å². The zero-order chi connectivity index (χ0) is 16.4. The summed E-state index contributed by atoms with van der Waals surface area (Å²) in [7, 11) is 0. The molecule has 0 amide bonds. The molecule has 4 aliphatic carbocycles. The van der Waals surface area contributed by atoms with Crippen LogP contribution in [0, 0.1) is 23.2 Å². The second-order valence-corrected chi connectivity index (χ2v) is 9.11. The minimum atomic E-state index is 0.643. The third-order valence-electron chi connectivity index (χ3n) is 7.42. The number of imidazole rings is 1. The van der Waals surface area contributed by atoms with E-state index in [4.69, 9.17) is 4.98 Å². The summed E-state index contributed by atoms with van der Waals surface area (Å²) in [6.07, 6.45) is 14.4. The van der Waals surface area contributed by atoms with Crippen LogP contribution < -0.4 is 0 Å². The van der Waals surface area contributed by atoms with Gasteiger partial charge in [0.1, 0.15) is 0 Å². The minimum Gasteiger partial charge on any atom is -0.331 e. The van der Waals surface area contributed by atoms with Gasteiger partial charge in [-0.3, -0.25) is 4.98 Å². The van der Waals surface area contributed by atoms with Crippen LogP contribution in [0.2, 0.25) is 0 Å². The third-order valence-corrected chi connectivity index (χ3v) is 7.42. The number of hydrogen-bond donors (Lipinski definition) is 0. The predicted octanol–water partition coefficient (Wildman–Crippen LogP) is 5.19. The maximum Gasteiger partial charge on any atom is 0.0978 e. The molecule has 1 aromatic carbocycles. The molecule has 4 bridgehead atoms. The van der Waals surface area contributed by atoms with E-state index in [1.54, 1.807) is 0 Å². The van der Waals surface area contributed by atoms with Crippen molar-refractivity contribution in [3.05, 3.63) is 36.8 Å². The van der Waals surface area contributed by atoms with Crippen LogP contribution in [0.5, 0.6) is 0 Å². The molecule has 0 atom stereocenters. The first-order valence-electron chi connectivity index (χ1n) is 9.97. The normalized spacial score (nSPS) is 33.5. The van der Waals surface area contributed by atoms with E-state index in [-0.39, 0.29) is 0 Å². The fraction of sp³-hybridized carbons (Fsp3) is 0.545. The molecule has 0 N–H and O–H groups in total. The summed E-state index contributed by atoms with van der Waals surface area (Å²) >= 11 is 0. The van der Waals surface area contributed by atoms with Crippen LogP contribution in [0.15, 0.2) is 36.8 Å². The Kier molecular flexibility index (Phi) is 2.89. The van der Waals surface area contributed by atoms with Gasteiger partial charge < -0.3 is 4.57 Å². The summed E-state index contributed by atoms with van der Waals surface area (Å²) in [5.74, 6) is 3.13. The number of fused-ring (bicyclic) bond motifs is 3. The minimum absolute atomic E-state index is 0.643. The number of aromatic nitrogens is 3. The van der Waals surface area contributed by atoms with Crippen LogP contribution in [0.3, 0.4) is 0 Å². The largest absolute Gasteiger partial charge is 0.331 e. The molecule has 3 aromatic rings. The van der Waals surface area contributed by atoms with Crippen LogP contribution in [0.1, 0.15) is 44.9 Å². The molecule has 25 heavy (non-hydrogen) atoms. The lowest BCUT2D eigenvalue weighted by molar-refractivity contribution is -0.0590. The Morgan fingerprint density at radius 2 is 1.72 bits per heavy atom. The van der Waals surface area contributed by atoms with Gasteiger partial charge in [0, 0.05) is 18.1 Å². The highest BCUT2D eigenvalue weighted by atomic mass is 15.0. The van der Waals surface area contributed by atoms with Gasteiger partial charge >= 0.3 is 0 Å². The highest BCUT2D eigenvalue weighted by Crippen LogP contribution is 2.61. The average Bonchev–Trinajstić information content (AvgIpc) is 3.02. The van der Waals surface area contributed by atoms with Gasteiger partial charge in [-0.1, -0.05) is 0 Å². The number of pyridine rings is 1. The summed E-state index contributed by atoms with van der Waals surface area (Å²) in [6, 6.07) is 8.50. The Labute approximate surface area is 148 Å². The van der Waals surface area contributed by atoms with Crippen LogP contribution in [0.4, 0.5) is 0 Å². The van der Waals surface area contributed by atoms with Crippen molar-refractivity contribution in [2.24, 2.45) is 23.2 Å². The number of aryl methyl sites for hydroxylation is 1. The molecule has 4 aliphatic rings. The molecule has 4 saturated carbocycles. The highest BCUT2D eigenvalue weighted by Gasteiger charge is 2.50. The van der Waals surface area contributed by atoms with Crippen LogP contribution in [-0.4, -0.2) is 14.5 Å². The molecule has 0 radical (unpaired) electrons. The van der Waals surface area contributed by atoms with Crippen molar-refractivity contribution >= 4 is 21.9 Å². The predicted molar refractivity (Wildman–Crippen MR) is 100 cm³/mol. The average molecular weight is 331 g/mol. The van der Waals surface area contributed by atoms with E-state index in [9.17, 15) is 0 Å². The van der Waals surface area contributed by atoms with Gasteiger partial charge in [0.15, 0.2) is 0 Å². The molecule has 0 saturated heterocycles. The van der Waals surface area contributed by atoms with Gasteiger partial charge in [-0.05, 0) is 92.4 Å². The number of benzene rings is 1. The molecule has 2 heterocycles. The van der Waals surface area contributed by atoms with Gasteiger partial charge in [-0.25, -0.2) is 4.98 Å². The fourth-order valence-electron chi connectivity index (χ4n) is 6.81. The van der Waals surface area contributed by atoms with Crippen molar-refractivity contribution in [1.29, 1.82) is 0 Å². The van der Waals surface area contributed by atoms with Crippen molar-refractivity contribution in [1.82, 2.24) is 14.5 Å². The van der Waals surface area contributed by atoms with E-state index in [0.29, 0.717) is 5.41 Å². The lowest BCUT2D eigenvalue weighted by Gasteiger charge is -2.57. The zero-order valence-electron chi connectivity index (χ0n) is 14.7. The Bertz CT molecular complexity index is 919. The number of nitrogens with zero attached hydrogens (tertiary/aromatic N) is 3. The molecule has 4 fully saturated rings. The van der Waals surface area contributed by atoms with E-state index in [1.165, 1.54) is 55.8 Å². The van der Waals surface area contributed by atoms with Crippen LogP contribution in [0.25, 0.3) is 21.9 Å². The lowest BCUT2D eigenvalue weighted by atomic mass is 9.49. The van der Waals surface area contributed by atoms with E-state index in [0.717, 1.165) is 35.3 Å². The molecular formula is C22H25N3. The van der Waals surface area contributed by atoms with E-state index in [2.05, 4.69) is 34.1 Å². The Morgan fingerprint density at radius 1 is 0.960 bits per heavy atom. The van der Waals surface area contributed by atoms with Crippen molar-refractivity contribution < 1.29 is 0 Å². The van der Waals surface area contributed by atoms with Gasteiger partial charge in [0.25, 0.3) is 0 Å². The second-order valence-electron chi connectivity index (χ2n) is 9.11. The molecule has 2 aromatic heterocycles. The van der Waals surface area contributed by atoms with Crippen molar-refractivity contribution in [2.45, 2.75) is 51.5 Å². The smallest absolute Gasteiger partial charge is 0.0978 e. The van der Waals surface area contributed by atoms with Gasteiger partial charge in [-0.15, -0.1) is 0 Å². The summed E-state index contributed by atoms with van der Waals surface area (Å²) in [4.78, 5) is 9.20. The van der Waals surface area contributed by atoms with Gasteiger partial charge in [0.2, 0.25) is 0 Å². The van der Waals surface area contributed by atoms with E-state index >= 15 is 0 Å². The summed E-state index contributed by atoms with van der Waals surface area (Å²) < 4.78 is 2.39. The van der Waals surface area contributed by atoms with Crippen molar-refractivity contribution in [3.63, 3.8) is 0 Å². The standard InChI is InChI=1S/C22H25N3/c1-2-18-19(23-6-1)3-4-20-21(18)24-14-25(20)7-5-22-11-15-8-16(12-22)10-17(9-15)13-22/h1-4,6,14-17H,5,7-13H2. The first-order valence-corrected chi connectivity index (χ1v) is 9.97. The Morgan fingerprint density at radius 3 is 2.48 bits per heavy atom. The SMILES string of the molecule is c1cnc2ccc3c(ncn3CCC34CC5CC(CC(C5)C3)C4)c2c1. The fourth-order valence-corrected chi connectivity index (χ4v) is 6.81. The quantitative estimate of drug-likeness (QED) is 0.661. The topological polar surface area (TPSA) is 30.7 Å². The number of hydrogen-bond acceptors (Lipinski definition) is 2. The van der Waals surface area contributed by atoms with Crippen molar-refractivity contribution in [2.75, 3.05) is 0 Å². The molecule has 3 nitrogen and oxygen atoms in total.